The summed E-state index contributed by atoms with van der Waals surface area (Å²) < 4.78 is 0. The second-order valence-corrected chi connectivity index (χ2v) is 3.46. The summed E-state index contributed by atoms with van der Waals surface area (Å²) in [5.41, 5.74) is 3.20. The van der Waals surface area contributed by atoms with Crippen LogP contribution in [0.25, 0.3) is 0 Å². The Bertz CT molecular complexity index is 209. The zero-order valence-electron chi connectivity index (χ0n) is 8.57. The van der Waals surface area contributed by atoms with Gasteiger partial charge < -0.3 is 5.32 Å². The van der Waals surface area contributed by atoms with Crippen LogP contribution in [0.4, 0.5) is 0 Å². The number of rotatable bonds is 4. The normalized spacial score (nSPS) is 11.6. The van der Waals surface area contributed by atoms with Crippen molar-refractivity contribution < 1.29 is 0 Å². The Morgan fingerprint density at radius 3 is 2.08 bits per heavy atom. The van der Waals surface area contributed by atoms with E-state index in [4.69, 9.17) is 0 Å². The first-order valence-corrected chi connectivity index (χ1v) is 4.23. The van der Waals surface area contributed by atoms with Crippen LogP contribution in [0, 0.1) is 5.92 Å². The van der Waals surface area contributed by atoms with Crippen LogP contribution in [0.2, 0.25) is 0 Å². The Balaban J connectivity index is 4.16. The van der Waals surface area contributed by atoms with Gasteiger partial charge in [-0.05, 0) is 25.8 Å². The molecule has 12 heavy (non-hydrogen) atoms. The molecule has 0 aromatic carbocycles. The summed E-state index contributed by atoms with van der Waals surface area (Å²) in [5, 5.41) is 3.13. The Labute approximate surface area is 75.9 Å². The molecular formula is C11H19N. The van der Waals surface area contributed by atoms with Crippen LogP contribution < -0.4 is 5.32 Å². The summed E-state index contributed by atoms with van der Waals surface area (Å²) in [6, 6.07) is 0. The first kappa shape index (κ1) is 11.0. The molecular weight excluding hydrogens is 146 g/mol. The van der Waals surface area contributed by atoms with Crippen LogP contribution in [0.5, 0.6) is 0 Å². The van der Waals surface area contributed by atoms with E-state index in [1.165, 1.54) is 0 Å². The third-order valence-corrected chi connectivity index (χ3v) is 1.55. The van der Waals surface area contributed by atoms with Crippen molar-refractivity contribution in [2.75, 3.05) is 0 Å². The third-order valence-electron chi connectivity index (χ3n) is 1.55. The molecule has 1 nitrogen and oxygen atoms in total. The van der Waals surface area contributed by atoms with Gasteiger partial charge in [-0.3, -0.25) is 0 Å². The van der Waals surface area contributed by atoms with Crippen LogP contribution in [0.3, 0.4) is 0 Å². The van der Waals surface area contributed by atoms with Crippen LogP contribution in [0.15, 0.2) is 36.2 Å². The maximum atomic E-state index is 3.96. The Hall–Kier alpha value is -0.980. The highest BCUT2D eigenvalue weighted by atomic mass is 14.9. The van der Waals surface area contributed by atoms with Gasteiger partial charge in [0.1, 0.15) is 0 Å². The maximum Gasteiger partial charge on any atom is 0.0119 e. The molecule has 0 saturated carbocycles. The molecule has 0 bridgehead atoms. The van der Waals surface area contributed by atoms with Crippen molar-refractivity contribution in [2.24, 2.45) is 5.92 Å². The van der Waals surface area contributed by atoms with Crippen LogP contribution in [-0.2, 0) is 0 Å². The molecule has 0 rings (SSSR count). The summed E-state index contributed by atoms with van der Waals surface area (Å²) in [4.78, 5) is 0. The van der Waals surface area contributed by atoms with Crippen LogP contribution >= 0.6 is 0 Å². The minimum absolute atomic E-state index is 0.506. The average Bonchev–Trinajstić information content (AvgIpc) is 1.84. The Kier molecular flexibility index (Phi) is 4.42. The van der Waals surface area contributed by atoms with Crippen LogP contribution in [0.1, 0.15) is 27.7 Å². The zero-order valence-corrected chi connectivity index (χ0v) is 8.57. The summed E-state index contributed by atoms with van der Waals surface area (Å²) >= 11 is 0. The molecule has 0 aromatic rings. The summed E-state index contributed by atoms with van der Waals surface area (Å²) in [5.74, 6) is 0.506. The van der Waals surface area contributed by atoms with Gasteiger partial charge in [0.2, 0.25) is 0 Å². The van der Waals surface area contributed by atoms with E-state index in [-0.39, 0.29) is 0 Å². The number of hydrogen-bond acceptors (Lipinski definition) is 1. The van der Waals surface area contributed by atoms with Gasteiger partial charge in [-0.25, -0.2) is 0 Å². The van der Waals surface area contributed by atoms with Crippen molar-refractivity contribution in [3.05, 3.63) is 36.2 Å². The molecule has 1 N–H and O–H groups in total. The highest BCUT2D eigenvalue weighted by Gasteiger charge is 1.96. The maximum absolute atomic E-state index is 3.96. The molecule has 0 amide bonds. The van der Waals surface area contributed by atoms with Crippen molar-refractivity contribution in [2.45, 2.75) is 27.7 Å². The number of allylic oxidation sites excluding steroid dienone is 4. The lowest BCUT2D eigenvalue weighted by Crippen LogP contribution is -2.07. The first-order chi connectivity index (χ1) is 5.43. The van der Waals surface area contributed by atoms with Gasteiger partial charge >= 0.3 is 0 Å². The summed E-state index contributed by atoms with van der Waals surface area (Å²) in [7, 11) is 0. The smallest absolute Gasteiger partial charge is 0.0119 e. The highest BCUT2D eigenvalue weighted by Crippen LogP contribution is 2.09. The van der Waals surface area contributed by atoms with E-state index in [2.05, 4.69) is 38.4 Å². The molecule has 0 spiro atoms. The second kappa shape index (κ2) is 4.81. The molecule has 68 valence electrons. The number of nitrogens with one attached hydrogen (secondary N) is 1. The summed E-state index contributed by atoms with van der Waals surface area (Å²) in [6.45, 7) is 15.9. The molecule has 0 aliphatic rings. The van der Waals surface area contributed by atoms with E-state index >= 15 is 0 Å². The van der Waals surface area contributed by atoms with Gasteiger partial charge in [0.05, 0.1) is 0 Å². The monoisotopic (exact) mass is 165 g/mol. The second-order valence-electron chi connectivity index (χ2n) is 3.46. The molecule has 0 aliphatic carbocycles. The molecule has 0 heterocycles. The van der Waals surface area contributed by atoms with E-state index in [0.717, 1.165) is 17.0 Å². The fourth-order valence-electron chi connectivity index (χ4n) is 0.817. The molecule has 0 aliphatic heterocycles. The van der Waals surface area contributed by atoms with E-state index in [9.17, 15) is 0 Å². The fraction of sp³-hybridized carbons (Fsp3) is 0.455. The molecule has 0 fully saturated rings. The van der Waals surface area contributed by atoms with Crippen molar-refractivity contribution in [1.29, 1.82) is 0 Å². The molecule has 0 radical (unpaired) electrons. The van der Waals surface area contributed by atoms with E-state index in [0.29, 0.717) is 5.92 Å². The lowest BCUT2D eigenvalue weighted by atomic mass is 10.0. The van der Waals surface area contributed by atoms with Gasteiger partial charge in [0.15, 0.2) is 0 Å². The minimum atomic E-state index is 0.506. The molecule has 0 unspecified atom stereocenters. The summed E-state index contributed by atoms with van der Waals surface area (Å²) in [6.07, 6.45) is 2.05. The number of hydrogen-bond donors (Lipinski definition) is 1. The standard InChI is InChI=1S/C11H19N/c1-8(2)10(5)7-11(6)12-9(3)4/h7-8,12H,3,5H2,1-2,4,6H3/b11-7-. The third kappa shape index (κ3) is 4.78. The lowest BCUT2D eigenvalue weighted by molar-refractivity contribution is 0.789. The molecule has 0 atom stereocenters. The van der Waals surface area contributed by atoms with E-state index < -0.39 is 0 Å². The van der Waals surface area contributed by atoms with Gasteiger partial charge in [0, 0.05) is 11.4 Å². The van der Waals surface area contributed by atoms with Gasteiger partial charge in [-0.15, -0.1) is 0 Å². The molecule has 0 aromatic heterocycles. The quantitative estimate of drug-likeness (QED) is 0.631. The van der Waals surface area contributed by atoms with Crippen molar-refractivity contribution in [3.8, 4) is 0 Å². The Morgan fingerprint density at radius 1 is 1.25 bits per heavy atom. The van der Waals surface area contributed by atoms with Gasteiger partial charge in [-0.1, -0.05) is 32.6 Å². The zero-order chi connectivity index (χ0) is 9.72. The largest absolute Gasteiger partial charge is 0.363 e. The van der Waals surface area contributed by atoms with Crippen molar-refractivity contribution in [3.63, 3.8) is 0 Å². The lowest BCUT2D eigenvalue weighted by Gasteiger charge is -2.08. The predicted octanol–water partition coefficient (Wildman–Crippen LogP) is 3.23. The SMILES string of the molecule is C=C(C)N/C(C)=C\C(=C)C(C)C. The first-order valence-electron chi connectivity index (χ1n) is 4.23. The van der Waals surface area contributed by atoms with Crippen molar-refractivity contribution >= 4 is 0 Å². The van der Waals surface area contributed by atoms with E-state index in [1.807, 2.05) is 13.8 Å². The Morgan fingerprint density at radius 2 is 1.75 bits per heavy atom. The molecule has 0 saturated heterocycles. The topological polar surface area (TPSA) is 12.0 Å². The van der Waals surface area contributed by atoms with Gasteiger partial charge in [0.25, 0.3) is 0 Å². The minimum Gasteiger partial charge on any atom is -0.363 e. The van der Waals surface area contributed by atoms with Crippen molar-refractivity contribution in [1.82, 2.24) is 5.32 Å². The average molecular weight is 165 g/mol. The highest BCUT2D eigenvalue weighted by molar-refractivity contribution is 5.21. The molecule has 1 heteroatoms. The van der Waals surface area contributed by atoms with Crippen LogP contribution in [-0.4, -0.2) is 0 Å². The predicted molar refractivity (Wildman–Crippen MR) is 55.7 cm³/mol. The van der Waals surface area contributed by atoms with Gasteiger partial charge in [-0.2, -0.15) is 0 Å². The van der Waals surface area contributed by atoms with E-state index in [1.54, 1.807) is 0 Å². The fourth-order valence-corrected chi connectivity index (χ4v) is 0.817.